The normalized spacial score (nSPS) is 11.3. The first-order valence-electron chi connectivity index (χ1n) is 10.5. The Morgan fingerprint density at radius 3 is 2.25 bits per heavy atom. The van der Waals surface area contributed by atoms with Gasteiger partial charge in [0.15, 0.2) is 6.61 Å². The lowest BCUT2D eigenvalue weighted by Crippen LogP contribution is -2.26. The highest BCUT2D eigenvalue weighted by Crippen LogP contribution is 2.25. The van der Waals surface area contributed by atoms with Crippen LogP contribution < -0.4 is 14.8 Å². The zero-order valence-corrected chi connectivity index (χ0v) is 19.1. The van der Waals surface area contributed by atoms with Gasteiger partial charge in [-0.1, -0.05) is 62.4 Å². The van der Waals surface area contributed by atoms with E-state index in [9.17, 15) is 13.2 Å². The van der Waals surface area contributed by atoms with Crippen LogP contribution in [-0.4, -0.2) is 27.5 Å². The van der Waals surface area contributed by atoms with E-state index in [1.807, 2.05) is 54.6 Å². The second-order valence-electron chi connectivity index (χ2n) is 7.69. The molecule has 1 amide bonds. The largest absolute Gasteiger partial charge is 0.483 e. The fourth-order valence-corrected chi connectivity index (χ4v) is 4.24. The first-order chi connectivity index (χ1) is 15.3. The highest BCUT2D eigenvalue weighted by atomic mass is 32.2. The van der Waals surface area contributed by atoms with Gasteiger partial charge in [0, 0.05) is 12.2 Å². The van der Waals surface area contributed by atoms with Gasteiger partial charge >= 0.3 is 0 Å². The summed E-state index contributed by atoms with van der Waals surface area (Å²) in [4.78, 5) is 12.4. The molecule has 2 N–H and O–H groups in total. The van der Waals surface area contributed by atoms with Crippen molar-refractivity contribution >= 4 is 21.6 Å². The number of rotatable bonds is 10. The third-order valence-electron chi connectivity index (χ3n) is 4.90. The van der Waals surface area contributed by atoms with E-state index in [0.29, 0.717) is 24.4 Å². The van der Waals surface area contributed by atoms with Crippen LogP contribution in [0.2, 0.25) is 0 Å². The van der Waals surface area contributed by atoms with E-state index in [4.69, 9.17) is 4.74 Å². The minimum absolute atomic E-state index is 0.134. The first-order valence-corrected chi connectivity index (χ1v) is 12.0. The first kappa shape index (κ1) is 23.5. The van der Waals surface area contributed by atoms with Crippen LogP contribution in [0.1, 0.15) is 30.9 Å². The van der Waals surface area contributed by atoms with Gasteiger partial charge in [0.2, 0.25) is 10.0 Å². The highest BCUT2D eigenvalue weighted by Gasteiger charge is 2.14. The number of carbonyl (C=O) groups is 1. The Kier molecular flexibility index (Phi) is 8.03. The Bertz CT molecular complexity index is 1130. The van der Waals surface area contributed by atoms with Gasteiger partial charge in [-0.2, -0.15) is 0 Å². The number of sulfonamides is 1. The molecule has 0 unspecified atom stereocenters. The molecule has 0 bridgehead atoms. The quantitative estimate of drug-likeness (QED) is 0.479. The molecule has 0 aliphatic carbocycles. The number of ether oxygens (including phenoxy) is 1. The van der Waals surface area contributed by atoms with E-state index >= 15 is 0 Å². The Labute approximate surface area is 189 Å². The van der Waals surface area contributed by atoms with Gasteiger partial charge in [-0.15, -0.1) is 0 Å². The number of anilines is 1. The van der Waals surface area contributed by atoms with Gasteiger partial charge in [-0.3, -0.25) is 4.79 Å². The minimum Gasteiger partial charge on any atom is -0.483 e. The van der Waals surface area contributed by atoms with Crippen molar-refractivity contribution in [3.05, 3.63) is 90.0 Å². The van der Waals surface area contributed by atoms with Crippen molar-refractivity contribution in [1.29, 1.82) is 0 Å². The van der Waals surface area contributed by atoms with Crippen LogP contribution in [-0.2, 0) is 21.2 Å². The molecule has 32 heavy (non-hydrogen) atoms. The Hall–Kier alpha value is -3.16. The monoisotopic (exact) mass is 452 g/mol. The molecule has 0 fully saturated rings. The van der Waals surface area contributed by atoms with E-state index in [2.05, 4.69) is 23.9 Å². The van der Waals surface area contributed by atoms with Gasteiger partial charge in [-0.25, -0.2) is 13.1 Å². The van der Waals surface area contributed by atoms with Gasteiger partial charge in [0.1, 0.15) is 5.75 Å². The number of hydrogen-bond acceptors (Lipinski definition) is 4. The highest BCUT2D eigenvalue weighted by molar-refractivity contribution is 7.89. The van der Waals surface area contributed by atoms with Crippen LogP contribution in [0.15, 0.2) is 83.8 Å². The zero-order chi connectivity index (χ0) is 23.0. The van der Waals surface area contributed by atoms with Crippen LogP contribution in [0.3, 0.4) is 0 Å². The Balaban J connectivity index is 1.52. The third kappa shape index (κ3) is 6.67. The molecule has 0 aliphatic heterocycles. The molecule has 6 nitrogen and oxygen atoms in total. The summed E-state index contributed by atoms with van der Waals surface area (Å²) in [6.45, 7) is 4.30. The smallest absolute Gasteiger partial charge is 0.262 e. The molecule has 3 aromatic rings. The van der Waals surface area contributed by atoms with Crippen LogP contribution in [0.25, 0.3) is 0 Å². The van der Waals surface area contributed by atoms with Gasteiger partial charge < -0.3 is 10.1 Å². The summed E-state index contributed by atoms with van der Waals surface area (Å²) in [5.41, 5.74) is 2.60. The zero-order valence-electron chi connectivity index (χ0n) is 18.2. The molecule has 0 atom stereocenters. The summed E-state index contributed by atoms with van der Waals surface area (Å²) in [5.74, 6) is 0.644. The van der Waals surface area contributed by atoms with Crippen molar-refractivity contribution in [1.82, 2.24) is 4.72 Å². The average molecular weight is 453 g/mol. The van der Waals surface area contributed by atoms with Crippen molar-refractivity contribution in [3.8, 4) is 5.75 Å². The van der Waals surface area contributed by atoms with Gasteiger partial charge in [-0.05, 0) is 53.8 Å². The molecule has 0 aromatic heterocycles. The number of hydrogen-bond donors (Lipinski definition) is 2. The maximum atomic E-state index is 12.5. The molecule has 7 heteroatoms. The molecule has 3 aromatic carbocycles. The number of benzene rings is 3. The van der Waals surface area contributed by atoms with Crippen LogP contribution in [0, 0.1) is 0 Å². The summed E-state index contributed by atoms with van der Waals surface area (Å²) in [7, 11) is -3.62. The van der Waals surface area contributed by atoms with Crippen LogP contribution in [0.5, 0.6) is 5.75 Å². The fourth-order valence-electron chi connectivity index (χ4n) is 3.20. The fraction of sp³-hybridized carbons (Fsp3) is 0.240. The lowest BCUT2D eigenvalue weighted by Gasteiger charge is -2.14. The minimum atomic E-state index is -3.62. The maximum absolute atomic E-state index is 12.5. The second-order valence-corrected chi connectivity index (χ2v) is 9.45. The number of carbonyl (C=O) groups excluding carboxylic acids is 1. The SMILES string of the molecule is CC(C)c1ccccc1OCC(=O)Nc1ccc(S(=O)(=O)NCCc2ccccc2)cc1. The Morgan fingerprint density at radius 1 is 0.906 bits per heavy atom. The summed E-state index contributed by atoms with van der Waals surface area (Å²) in [5, 5.41) is 2.73. The van der Waals surface area contributed by atoms with Gasteiger partial charge in [0.05, 0.1) is 4.90 Å². The molecular formula is C25H28N2O4S. The lowest BCUT2D eigenvalue weighted by atomic mass is 10.0. The van der Waals surface area contributed by atoms with Crippen molar-refractivity contribution in [2.75, 3.05) is 18.5 Å². The van der Waals surface area contributed by atoms with Gasteiger partial charge in [0.25, 0.3) is 5.91 Å². The average Bonchev–Trinajstić information content (AvgIpc) is 2.79. The summed E-state index contributed by atoms with van der Waals surface area (Å²) in [6, 6.07) is 23.4. The van der Waals surface area contributed by atoms with E-state index in [1.165, 1.54) is 12.1 Å². The Morgan fingerprint density at radius 2 is 1.56 bits per heavy atom. The molecule has 0 spiro atoms. The summed E-state index contributed by atoms with van der Waals surface area (Å²) >= 11 is 0. The number of nitrogens with one attached hydrogen (secondary N) is 2. The van der Waals surface area contributed by atoms with Crippen molar-refractivity contribution in [3.63, 3.8) is 0 Å². The molecule has 0 saturated heterocycles. The maximum Gasteiger partial charge on any atom is 0.262 e. The van der Waals surface area contributed by atoms with Crippen LogP contribution in [0.4, 0.5) is 5.69 Å². The van der Waals surface area contributed by atoms with E-state index in [1.54, 1.807) is 12.1 Å². The number of amides is 1. The second kappa shape index (κ2) is 10.9. The topological polar surface area (TPSA) is 84.5 Å². The van der Waals surface area contributed by atoms with Crippen molar-refractivity contribution in [2.45, 2.75) is 31.1 Å². The predicted molar refractivity (Wildman–Crippen MR) is 126 cm³/mol. The molecule has 168 valence electrons. The molecule has 0 aliphatic rings. The molecular weight excluding hydrogens is 424 g/mol. The summed E-state index contributed by atoms with van der Waals surface area (Å²) < 4.78 is 33.2. The lowest BCUT2D eigenvalue weighted by molar-refractivity contribution is -0.118. The standard InChI is InChI=1S/C25H28N2O4S/c1-19(2)23-10-6-7-11-24(23)31-18-25(28)27-21-12-14-22(15-13-21)32(29,30)26-17-16-20-8-4-3-5-9-20/h3-15,19,26H,16-18H2,1-2H3,(H,27,28). The van der Waals surface area contributed by atoms with E-state index in [-0.39, 0.29) is 23.3 Å². The van der Waals surface area contributed by atoms with Crippen molar-refractivity contribution < 1.29 is 17.9 Å². The summed E-state index contributed by atoms with van der Waals surface area (Å²) in [6.07, 6.45) is 0.605. The van der Waals surface area contributed by atoms with Crippen molar-refractivity contribution in [2.24, 2.45) is 0 Å². The third-order valence-corrected chi connectivity index (χ3v) is 6.37. The molecule has 0 saturated carbocycles. The molecule has 0 radical (unpaired) electrons. The molecule has 3 rings (SSSR count). The van der Waals surface area contributed by atoms with E-state index in [0.717, 1.165) is 11.1 Å². The predicted octanol–water partition coefficient (Wildman–Crippen LogP) is 4.35. The number of para-hydroxylation sites is 1. The molecule has 0 heterocycles. The van der Waals surface area contributed by atoms with E-state index < -0.39 is 10.0 Å². The van der Waals surface area contributed by atoms with Crippen LogP contribution >= 0.6 is 0 Å².